The third-order valence-electron chi connectivity index (χ3n) is 3.67. The van der Waals surface area contributed by atoms with Crippen LogP contribution in [0.5, 0.6) is 0 Å². The van der Waals surface area contributed by atoms with Gasteiger partial charge < -0.3 is 20.5 Å². The fourth-order valence-corrected chi connectivity index (χ4v) is 2.52. The Hall–Kier alpha value is -1.14. The third-order valence-corrected chi connectivity index (χ3v) is 3.67. The number of carbonyl (C=O) groups excluding carboxylic acids is 1. The molecule has 0 radical (unpaired) electrons. The van der Waals surface area contributed by atoms with Gasteiger partial charge in [-0.15, -0.1) is 0 Å². The summed E-state index contributed by atoms with van der Waals surface area (Å²) in [6, 6.07) is 0.134. The summed E-state index contributed by atoms with van der Waals surface area (Å²) in [5.74, 6) is -1.04. The molecule has 1 aliphatic rings. The molecule has 2 unspecified atom stereocenters. The van der Waals surface area contributed by atoms with E-state index in [1.807, 2.05) is 13.8 Å². The van der Waals surface area contributed by atoms with Crippen LogP contribution in [0.4, 0.5) is 0 Å². The van der Waals surface area contributed by atoms with Gasteiger partial charge >= 0.3 is 5.97 Å². The van der Waals surface area contributed by atoms with Crippen LogP contribution in [-0.4, -0.2) is 48.8 Å². The SMILES string of the molecule is CC(C)OCCCNC(=O)CNC1CCCC(C(=O)O)C1. The molecular weight excluding hydrogens is 272 g/mol. The summed E-state index contributed by atoms with van der Waals surface area (Å²) in [7, 11) is 0. The molecule has 1 rings (SSSR count). The van der Waals surface area contributed by atoms with E-state index in [9.17, 15) is 9.59 Å². The number of rotatable bonds is 9. The minimum absolute atomic E-state index is 0.0444. The summed E-state index contributed by atoms with van der Waals surface area (Å²) in [4.78, 5) is 22.6. The molecule has 122 valence electrons. The van der Waals surface area contributed by atoms with Crippen molar-refractivity contribution in [2.75, 3.05) is 19.7 Å². The van der Waals surface area contributed by atoms with Gasteiger partial charge in [0.15, 0.2) is 0 Å². The van der Waals surface area contributed by atoms with Crippen LogP contribution < -0.4 is 10.6 Å². The van der Waals surface area contributed by atoms with Gasteiger partial charge in [-0.05, 0) is 39.5 Å². The molecule has 0 aromatic rings. The Morgan fingerprint density at radius 2 is 2.10 bits per heavy atom. The van der Waals surface area contributed by atoms with Crippen LogP contribution in [0.15, 0.2) is 0 Å². The van der Waals surface area contributed by atoms with E-state index in [0.717, 1.165) is 25.7 Å². The highest BCUT2D eigenvalue weighted by Gasteiger charge is 2.26. The first kappa shape index (κ1) is 17.9. The summed E-state index contributed by atoms with van der Waals surface area (Å²) in [5.41, 5.74) is 0. The molecule has 2 atom stereocenters. The van der Waals surface area contributed by atoms with Gasteiger partial charge in [-0.1, -0.05) is 6.42 Å². The van der Waals surface area contributed by atoms with Gasteiger partial charge in [-0.2, -0.15) is 0 Å². The Kier molecular flexibility index (Phi) is 8.30. The van der Waals surface area contributed by atoms with E-state index >= 15 is 0 Å². The molecule has 0 spiro atoms. The van der Waals surface area contributed by atoms with Crippen molar-refractivity contribution in [2.24, 2.45) is 5.92 Å². The van der Waals surface area contributed by atoms with E-state index in [1.54, 1.807) is 0 Å². The van der Waals surface area contributed by atoms with Crippen molar-refractivity contribution in [3.05, 3.63) is 0 Å². The average Bonchev–Trinajstić information content (AvgIpc) is 2.44. The maximum Gasteiger partial charge on any atom is 0.306 e. The molecule has 0 aromatic heterocycles. The molecule has 21 heavy (non-hydrogen) atoms. The first-order valence-electron chi connectivity index (χ1n) is 7.83. The lowest BCUT2D eigenvalue weighted by Crippen LogP contribution is -2.42. The Morgan fingerprint density at radius 1 is 1.33 bits per heavy atom. The van der Waals surface area contributed by atoms with Crippen LogP contribution in [0, 0.1) is 5.92 Å². The predicted octanol–water partition coefficient (Wildman–Crippen LogP) is 1.15. The second-order valence-corrected chi connectivity index (χ2v) is 5.90. The lowest BCUT2D eigenvalue weighted by atomic mass is 9.86. The van der Waals surface area contributed by atoms with E-state index < -0.39 is 5.97 Å². The molecule has 1 fully saturated rings. The number of nitrogens with one attached hydrogen (secondary N) is 2. The molecule has 1 amide bonds. The molecule has 0 aromatic carbocycles. The predicted molar refractivity (Wildman–Crippen MR) is 80.1 cm³/mol. The lowest BCUT2D eigenvalue weighted by molar-refractivity contribution is -0.143. The van der Waals surface area contributed by atoms with Gasteiger partial charge in [0.25, 0.3) is 0 Å². The summed E-state index contributed by atoms with van der Waals surface area (Å²) < 4.78 is 5.39. The monoisotopic (exact) mass is 300 g/mol. The zero-order valence-electron chi connectivity index (χ0n) is 13.1. The molecule has 3 N–H and O–H groups in total. The van der Waals surface area contributed by atoms with Gasteiger partial charge in [0.1, 0.15) is 0 Å². The topological polar surface area (TPSA) is 87.7 Å². The Labute approximate surface area is 126 Å². The Morgan fingerprint density at radius 3 is 2.76 bits per heavy atom. The Balaban J connectivity index is 2.08. The fourth-order valence-electron chi connectivity index (χ4n) is 2.52. The number of hydrogen-bond donors (Lipinski definition) is 3. The highest BCUT2D eigenvalue weighted by Crippen LogP contribution is 2.24. The van der Waals surface area contributed by atoms with Crippen molar-refractivity contribution >= 4 is 11.9 Å². The summed E-state index contributed by atoms with van der Waals surface area (Å²) in [6.07, 6.45) is 4.23. The number of carboxylic acids is 1. The van der Waals surface area contributed by atoms with E-state index in [2.05, 4.69) is 10.6 Å². The third kappa shape index (κ3) is 8.02. The van der Waals surface area contributed by atoms with E-state index in [-0.39, 0.29) is 30.5 Å². The van der Waals surface area contributed by atoms with Crippen molar-refractivity contribution in [1.29, 1.82) is 0 Å². The maximum atomic E-state index is 11.7. The number of hydrogen-bond acceptors (Lipinski definition) is 4. The number of ether oxygens (including phenoxy) is 1. The van der Waals surface area contributed by atoms with Crippen LogP contribution in [0.2, 0.25) is 0 Å². The van der Waals surface area contributed by atoms with Crippen LogP contribution >= 0.6 is 0 Å². The average molecular weight is 300 g/mol. The fraction of sp³-hybridized carbons (Fsp3) is 0.867. The van der Waals surface area contributed by atoms with Crippen molar-refractivity contribution in [1.82, 2.24) is 10.6 Å². The highest BCUT2D eigenvalue weighted by molar-refractivity contribution is 5.78. The molecule has 0 aliphatic heterocycles. The van der Waals surface area contributed by atoms with E-state index in [1.165, 1.54) is 0 Å². The van der Waals surface area contributed by atoms with E-state index in [0.29, 0.717) is 19.6 Å². The quantitative estimate of drug-likeness (QED) is 0.556. The van der Waals surface area contributed by atoms with Crippen LogP contribution in [-0.2, 0) is 14.3 Å². The summed E-state index contributed by atoms with van der Waals surface area (Å²) >= 11 is 0. The smallest absolute Gasteiger partial charge is 0.306 e. The van der Waals surface area contributed by atoms with Crippen molar-refractivity contribution in [2.45, 2.75) is 58.1 Å². The highest BCUT2D eigenvalue weighted by atomic mass is 16.5. The first-order valence-corrected chi connectivity index (χ1v) is 7.83. The number of amides is 1. The summed E-state index contributed by atoms with van der Waals surface area (Å²) in [5, 5.41) is 15.0. The van der Waals surface area contributed by atoms with Crippen LogP contribution in [0.3, 0.4) is 0 Å². The number of carbonyl (C=O) groups is 2. The number of aliphatic carboxylic acids is 1. The second-order valence-electron chi connectivity index (χ2n) is 5.90. The molecule has 0 bridgehead atoms. The standard InChI is InChI=1S/C15H28N2O4/c1-11(2)21-8-4-7-16-14(18)10-17-13-6-3-5-12(9-13)15(19)20/h11-13,17H,3-10H2,1-2H3,(H,16,18)(H,19,20). The van der Waals surface area contributed by atoms with Crippen molar-refractivity contribution < 1.29 is 19.4 Å². The lowest BCUT2D eigenvalue weighted by Gasteiger charge is -2.27. The van der Waals surface area contributed by atoms with Gasteiger partial charge in [-0.3, -0.25) is 9.59 Å². The second kappa shape index (κ2) is 9.73. The first-order chi connectivity index (χ1) is 9.99. The molecule has 6 nitrogen and oxygen atoms in total. The normalized spacial score (nSPS) is 22.2. The van der Waals surface area contributed by atoms with Gasteiger partial charge in [-0.25, -0.2) is 0 Å². The zero-order valence-corrected chi connectivity index (χ0v) is 13.1. The molecule has 0 heterocycles. The largest absolute Gasteiger partial charge is 0.481 e. The minimum Gasteiger partial charge on any atom is -0.481 e. The molecule has 0 saturated heterocycles. The van der Waals surface area contributed by atoms with E-state index in [4.69, 9.17) is 9.84 Å². The van der Waals surface area contributed by atoms with Crippen molar-refractivity contribution in [3.63, 3.8) is 0 Å². The Bertz CT molecular complexity index is 334. The molecular formula is C15H28N2O4. The maximum absolute atomic E-state index is 11.7. The van der Waals surface area contributed by atoms with Gasteiger partial charge in [0.05, 0.1) is 18.6 Å². The zero-order chi connectivity index (χ0) is 15.7. The van der Waals surface area contributed by atoms with Gasteiger partial charge in [0.2, 0.25) is 5.91 Å². The minimum atomic E-state index is -0.726. The molecule has 6 heteroatoms. The van der Waals surface area contributed by atoms with Crippen LogP contribution in [0.1, 0.15) is 46.0 Å². The molecule has 1 aliphatic carbocycles. The molecule has 1 saturated carbocycles. The van der Waals surface area contributed by atoms with Crippen molar-refractivity contribution in [3.8, 4) is 0 Å². The summed E-state index contributed by atoms with van der Waals surface area (Å²) in [6.45, 7) is 5.47. The number of carboxylic acid groups (broad SMARTS) is 1. The van der Waals surface area contributed by atoms with Gasteiger partial charge in [0, 0.05) is 19.2 Å². The van der Waals surface area contributed by atoms with Crippen LogP contribution in [0.25, 0.3) is 0 Å².